The van der Waals surface area contributed by atoms with E-state index in [-0.39, 0.29) is 6.10 Å². The highest BCUT2D eigenvalue weighted by molar-refractivity contribution is 14.1. The molecule has 0 fully saturated rings. The van der Waals surface area contributed by atoms with Gasteiger partial charge in [0.2, 0.25) is 0 Å². The van der Waals surface area contributed by atoms with Crippen molar-refractivity contribution in [3.05, 3.63) is 38.8 Å². The van der Waals surface area contributed by atoms with Gasteiger partial charge in [-0.3, -0.25) is 0 Å². The molecule has 0 bridgehead atoms. The molecule has 2 rings (SSSR count). The molecule has 0 radical (unpaired) electrons. The Bertz CT molecular complexity index is 602. The largest absolute Gasteiger partial charge is 0.490 e. The van der Waals surface area contributed by atoms with Gasteiger partial charge in [-0.2, -0.15) is 0 Å². The minimum Gasteiger partial charge on any atom is -0.490 e. The molecule has 0 saturated carbocycles. The fourth-order valence-electron chi connectivity index (χ4n) is 1.66. The zero-order valence-electron chi connectivity index (χ0n) is 10.9. The molecule has 0 aliphatic rings. The summed E-state index contributed by atoms with van der Waals surface area (Å²) >= 11 is 8.20. The lowest BCUT2D eigenvalue weighted by Crippen LogP contribution is -2.07. The number of benzene rings is 1. The monoisotopic (exact) mass is 388 g/mol. The van der Waals surface area contributed by atoms with Crippen molar-refractivity contribution in [2.75, 3.05) is 0 Å². The van der Waals surface area contributed by atoms with E-state index < -0.39 is 0 Å². The number of halogens is 2. The normalized spacial score (nSPS) is 10.8. The van der Waals surface area contributed by atoms with Gasteiger partial charge < -0.3 is 4.74 Å². The molecule has 1 aromatic heterocycles. The Morgan fingerprint density at radius 3 is 2.68 bits per heavy atom. The first-order valence-corrected chi connectivity index (χ1v) is 7.38. The Hall–Kier alpha value is -0.880. The second kappa shape index (κ2) is 6.05. The molecule has 2 aromatic rings. The Balaban J connectivity index is 2.51. The van der Waals surface area contributed by atoms with Crippen LogP contribution < -0.4 is 4.74 Å². The highest BCUT2D eigenvalue weighted by atomic mass is 127. The number of rotatable bonds is 3. The summed E-state index contributed by atoms with van der Waals surface area (Å²) in [5, 5.41) is 0.648. The molecule has 0 saturated heterocycles. The van der Waals surface area contributed by atoms with Crippen LogP contribution in [0.15, 0.2) is 24.4 Å². The van der Waals surface area contributed by atoms with E-state index in [0.717, 1.165) is 26.4 Å². The van der Waals surface area contributed by atoms with E-state index in [1.54, 1.807) is 6.20 Å². The summed E-state index contributed by atoms with van der Waals surface area (Å²) < 4.78 is 6.70. The van der Waals surface area contributed by atoms with Crippen LogP contribution in [-0.4, -0.2) is 16.1 Å². The minimum absolute atomic E-state index is 0.0788. The molecule has 0 spiro atoms. The van der Waals surface area contributed by atoms with E-state index in [9.17, 15) is 0 Å². The fourth-order valence-corrected chi connectivity index (χ4v) is 2.08. The van der Waals surface area contributed by atoms with Crippen molar-refractivity contribution in [3.8, 4) is 17.0 Å². The zero-order chi connectivity index (χ0) is 14.0. The number of hydrogen-bond donors (Lipinski definition) is 0. The predicted molar refractivity (Wildman–Crippen MR) is 85.7 cm³/mol. The number of hydrogen-bond acceptors (Lipinski definition) is 3. The number of nitrogens with zero attached hydrogens (tertiary/aromatic N) is 2. The molecule has 0 unspecified atom stereocenters. The number of aryl methyl sites for hydroxylation is 1. The Morgan fingerprint density at radius 2 is 2.05 bits per heavy atom. The lowest BCUT2D eigenvalue weighted by atomic mass is 10.1. The first-order valence-electron chi connectivity index (χ1n) is 5.93. The standard InChI is InChI=1S/C14H14ClIN2O/c1-8(2)19-13-6-10(15)4-5-11(13)12-7-17-14(16)9(3)18-12/h4-8H,1-3H3. The van der Waals surface area contributed by atoms with Gasteiger partial charge in [0.25, 0.3) is 0 Å². The summed E-state index contributed by atoms with van der Waals surface area (Å²) in [7, 11) is 0. The van der Waals surface area contributed by atoms with Gasteiger partial charge in [-0.15, -0.1) is 0 Å². The van der Waals surface area contributed by atoms with Crippen LogP contribution in [0.25, 0.3) is 11.3 Å². The van der Waals surface area contributed by atoms with Crippen molar-refractivity contribution in [3.63, 3.8) is 0 Å². The molecular formula is C14H14ClIN2O. The van der Waals surface area contributed by atoms with E-state index in [0.29, 0.717) is 5.02 Å². The minimum atomic E-state index is 0.0788. The van der Waals surface area contributed by atoms with E-state index in [2.05, 4.69) is 32.6 Å². The van der Waals surface area contributed by atoms with Crippen LogP contribution in [0.1, 0.15) is 19.5 Å². The van der Waals surface area contributed by atoms with Gasteiger partial charge in [0.1, 0.15) is 9.45 Å². The molecule has 0 N–H and O–H groups in total. The summed E-state index contributed by atoms with van der Waals surface area (Å²) in [4.78, 5) is 8.88. The second-order valence-corrected chi connectivity index (χ2v) is 5.90. The van der Waals surface area contributed by atoms with Gasteiger partial charge in [-0.05, 0) is 61.6 Å². The summed E-state index contributed by atoms with van der Waals surface area (Å²) in [6, 6.07) is 5.56. The van der Waals surface area contributed by atoms with Gasteiger partial charge in [0.15, 0.2) is 0 Å². The van der Waals surface area contributed by atoms with E-state index in [4.69, 9.17) is 16.3 Å². The van der Waals surface area contributed by atoms with Crippen LogP contribution in [0.3, 0.4) is 0 Å². The van der Waals surface area contributed by atoms with Crippen LogP contribution in [-0.2, 0) is 0 Å². The molecule has 0 aliphatic carbocycles. The maximum atomic E-state index is 6.03. The van der Waals surface area contributed by atoms with Crippen LogP contribution in [0.5, 0.6) is 5.75 Å². The second-order valence-electron chi connectivity index (χ2n) is 4.44. The van der Waals surface area contributed by atoms with Crippen molar-refractivity contribution < 1.29 is 4.74 Å². The first kappa shape index (κ1) is 14.5. The molecule has 100 valence electrons. The van der Waals surface area contributed by atoms with Crippen LogP contribution in [0, 0.1) is 10.6 Å². The third-order valence-electron chi connectivity index (χ3n) is 2.47. The van der Waals surface area contributed by atoms with Crippen molar-refractivity contribution in [1.82, 2.24) is 9.97 Å². The van der Waals surface area contributed by atoms with Gasteiger partial charge >= 0.3 is 0 Å². The van der Waals surface area contributed by atoms with E-state index in [1.807, 2.05) is 39.0 Å². The third kappa shape index (κ3) is 3.57. The Morgan fingerprint density at radius 1 is 1.32 bits per heavy atom. The summed E-state index contributed by atoms with van der Waals surface area (Å²) in [5.41, 5.74) is 2.61. The quantitative estimate of drug-likeness (QED) is 0.726. The fraction of sp³-hybridized carbons (Fsp3) is 0.286. The van der Waals surface area contributed by atoms with Crippen molar-refractivity contribution in [2.45, 2.75) is 26.9 Å². The lowest BCUT2D eigenvalue weighted by Gasteiger charge is -2.14. The SMILES string of the molecule is Cc1nc(-c2ccc(Cl)cc2OC(C)C)cnc1I. The van der Waals surface area contributed by atoms with Crippen LogP contribution >= 0.6 is 34.2 Å². The predicted octanol–water partition coefficient (Wildman–Crippen LogP) is 4.50. The molecule has 1 aromatic carbocycles. The van der Waals surface area contributed by atoms with Crippen molar-refractivity contribution >= 4 is 34.2 Å². The molecule has 19 heavy (non-hydrogen) atoms. The van der Waals surface area contributed by atoms with Gasteiger partial charge in [0.05, 0.1) is 23.7 Å². The van der Waals surface area contributed by atoms with Crippen LogP contribution in [0.2, 0.25) is 5.02 Å². The molecule has 0 amide bonds. The van der Waals surface area contributed by atoms with Crippen LogP contribution in [0.4, 0.5) is 0 Å². The third-order valence-corrected chi connectivity index (χ3v) is 3.76. The van der Waals surface area contributed by atoms with Crippen molar-refractivity contribution in [1.29, 1.82) is 0 Å². The smallest absolute Gasteiger partial charge is 0.130 e. The first-order chi connectivity index (χ1) is 8.97. The average Bonchev–Trinajstić information content (AvgIpc) is 2.32. The maximum Gasteiger partial charge on any atom is 0.130 e. The lowest BCUT2D eigenvalue weighted by molar-refractivity contribution is 0.243. The maximum absolute atomic E-state index is 6.03. The van der Waals surface area contributed by atoms with E-state index >= 15 is 0 Å². The van der Waals surface area contributed by atoms with Gasteiger partial charge in [-0.25, -0.2) is 9.97 Å². The molecular weight excluding hydrogens is 375 g/mol. The Kier molecular flexibility index (Phi) is 4.62. The molecule has 3 nitrogen and oxygen atoms in total. The summed E-state index contributed by atoms with van der Waals surface area (Å²) in [5.74, 6) is 0.734. The summed E-state index contributed by atoms with van der Waals surface area (Å²) in [6.45, 7) is 5.91. The highest BCUT2D eigenvalue weighted by Crippen LogP contribution is 2.32. The number of aromatic nitrogens is 2. The average molecular weight is 389 g/mol. The van der Waals surface area contributed by atoms with Crippen molar-refractivity contribution in [2.24, 2.45) is 0 Å². The van der Waals surface area contributed by atoms with Gasteiger partial charge in [0, 0.05) is 10.6 Å². The molecule has 5 heteroatoms. The molecule has 0 aliphatic heterocycles. The summed E-state index contributed by atoms with van der Waals surface area (Å²) in [6.07, 6.45) is 1.83. The van der Waals surface area contributed by atoms with Gasteiger partial charge in [-0.1, -0.05) is 11.6 Å². The highest BCUT2D eigenvalue weighted by Gasteiger charge is 2.11. The molecule has 1 heterocycles. The molecule has 0 atom stereocenters. The topological polar surface area (TPSA) is 35.0 Å². The zero-order valence-corrected chi connectivity index (χ0v) is 13.9. The van der Waals surface area contributed by atoms with E-state index in [1.165, 1.54) is 0 Å². The Labute approximate surface area is 131 Å². The number of ether oxygens (including phenoxy) is 1.